The summed E-state index contributed by atoms with van der Waals surface area (Å²) in [5, 5.41) is 2.99. The molecule has 3 rings (SSSR count). The number of piperazine rings is 1. The third-order valence-electron chi connectivity index (χ3n) is 5.26. The summed E-state index contributed by atoms with van der Waals surface area (Å²) in [6, 6.07) is 8.21. The summed E-state index contributed by atoms with van der Waals surface area (Å²) in [4.78, 5) is 30.7. The quantitative estimate of drug-likeness (QED) is 0.819. The Labute approximate surface area is 156 Å². The molecule has 2 amide bonds. The van der Waals surface area contributed by atoms with E-state index in [1.54, 1.807) is 0 Å². The molecule has 142 valence electrons. The lowest BCUT2D eigenvalue weighted by atomic mass is 10.1. The van der Waals surface area contributed by atoms with Gasteiger partial charge in [0.1, 0.15) is 0 Å². The Morgan fingerprint density at radius 1 is 0.885 bits per heavy atom. The minimum Gasteiger partial charge on any atom is -0.351 e. The fourth-order valence-electron chi connectivity index (χ4n) is 3.53. The number of likely N-dealkylation sites (tertiary alicyclic amines) is 1. The molecule has 1 N–H and O–H groups in total. The molecular weight excluding hydrogens is 328 g/mol. The maximum absolute atomic E-state index is 12.2. The van der Waals surface area contributed by atoms with Crippen LogP contribution in [0.3, 0.4) is 0 Å². The van der Waals surface area contributed by atoms with Crippen molar-refractivity contribution >= 4 is 11.8 Å². The highest BCUT2D eigenvalue weighted by molar-refractivity contribution is 5.79. The van der Waals surface area contributed by atoms with Gasteiger partial charge in [-0.15, -0.1) is 0 Å². The highest BCUT2D eigenvalue weighted by atomic mass is 16.2. The molecule has 26 heavy (non-hydrogen) atoms. The first-order chi connectivity index (χ1) is 12.6. The van der Waals surface area contributed by atoms with E-state index in [1.165, 1.54) is 5.56 Å². The molecule has 0 radical (unpaired) electrons. The van der Waals surface area contributed by atoms with E-state index in [0.29, 0.717) is 19.6 Å². The zero-order valence-corrected chi connectivity index (χ0v) is 15.7. The summed E-state index contributed by atoms with van der Waals surface area (Å²) < 4.78 is 0. The minimum atomic E-state index is 0.0622. The van der Waals surface area contributed by atoms with E-state index in [9.17, 15) is 9.59 Å². The third kappa shape index (κ3) is 5.54. The van der Waals surface area contributed by atoms with Gasteiger partial charge in [0.05, 0.1) is 13.1 Å². The molecule has 1 aromatic carbocycles. The van der Waals surface area contributed by atoms with Crippen molar-refractivity contribution in [3.8, 4) is 0 Å². The van der Waals surface area contributed by atoms with Crippen LogP contribution in [0.4, 0.5) is 0 Å². The monoisotopic (exact) mass is 358 g/mol. The van der Waals surface area contributed by atoms with Gasteiger partial charge in [-0.25, -0.2) is 0 Å². The van der Waals surface area contributed by atoms with Crippen LogP contribution in [-0.4, -0.2) is 78.9 Å². The lowest BCUT2D eigenvalue weighted by molar-refractivity contribution is -0.132. The Morgan fingerprint density at radius 3 is 2.08 bits per heavy atom. The molecule has 0 atom stereocenters. The normalized spacial score (nSPS) is 18.9. The summed E-state index contributed by atoms with van der Waals surface area (Å²) in [7, 11) is 0. The van der Waals surface area contributed by atoms with Gasteiger partial charge in [-0.05, 0) is 25.3 Å². The van der Waals surface area contributed by atoms with Crippen LogP contribution in [0.2, 0.25) is 0 Å². The largest absolute Gasteiger partial charge is 0.351 e. The van der Waals surface area contributed by atoms with Crippen molar-refractivity contribution in [1.29, 1.82) is 0 Å². The van der Waals surface area contributed by atoms with Crippen molar-refractivity contribution in [2.75, 3.05) is 52.4 Å². The van der Waals surface area contributed by atoms with Crippen LogP contribution in [-0.2, 0) is 16.1 Å². The first-order valence-corrected chi connectivity index (χ1v) is 9.65. The number of aryl methyl sites for hydroxylation is 1. The highest BCUT2D eigenvalue weighted by Gasteiger charge is 2.24. The molecule has 2 fully saturated rings. The molecule has 0 unspecified atom stereocenters. The van der Waals surface area contributed by atoms with Crippen LogP contribution in [0.1, 0.15) is 24.0 Å². The van der Waals surface area contributed by atoms with Crippen molar-refractivity contribution in [3.05, 3.63) is 35.4 Å². The van der Waals surface area contributed by atoms with E-state index in [1.807, 2.05) is 17.0 Å². The van der Waals surface area contributed by atoms with Gasteiger partial charge in [-0.2, -0.15) is 0 Å². The molecule has 0 spiro atoms. The summed E-state index contributed by atoms with van der Waals surface area (Å²) in [6.45, 7) is 8.80. The van der Waals surface area contributed by atoms with Gasteiger partial charge in [0, 0.05) is 45.8 Å². The standard InChI is InChI=1S/C20H30N4O2/c1-17-4-6-18(7-5-17)14-21-19(25)15-22-10-12-23(13-11-22)16-20(26)24-8-2-3-9-24/h4-7H,2-3,8-16H2,1H3,(H,21,25). The number of hydrogen-bond donors (Lipinski definition) is 1. The predicted molar refractivity (Wildman–Crippen MR) is 102 cm³/mol. The van der Waals surface area contributed by atoms with Crippen molar-refractivity contribution in [2.45, 2.75) is 26.3 Å². The predicted octanol–water partition coefficient (Wildman–Crippen LogP) is 0.851. The molecule has 0 saturated carbocycles. The van der Waals surface area contributed by atoms with Crippen molar-refractivity contribution in [3.63, 3.8) is 0 Å². The fourth-order valence-corrected chi connectivity index (χ4v) is 3.53. The van der Waals surface area contributed by atoms with Gasteiger partial charge in [-0.1, -0.05) is 29.8 Å². The van der Waals surface area contributed by atoms with E-state index >= 15 is 0 Å². The lowest BCUT2D eigenvalue weighted by Gasteiger charge is -2.34. The number of nitrogens with zero attached hydrogens (tertiary/aromatic N) is 3. The number of carbonyl (C=O) groups is 2. The van der Waals surface area contributed by atoms with Gasteiger partial charge in [0.2, 0.25) is 11.8 Å². The molecular formula is C20H30N4O2. The highest BCUT2D eigenvalue weighted by Crippen LogP contribution is 2.09. The Balaban J connectivity index is 1.33. The number of nitrogens with one attached hydrogen (secondary N) is 1. The molecule has 6 heteroatoms. The summed E-state index contributed by atoms with van der Waals surface area (Å²) in [5.41, 5.74) is 2.34. The second-order valence-electron chi connectivity index (χ2n) is 7.40. The zero-order chi connectivity index (χ0) is 18.4. The van der Waals surface area contributed by atoms with E-state index in [-0.39, 0.29) is 11.8 Å². The first kappa shape index (κ1) is 18.9. The molecule has 0 aliphatic carbocycles. The molecule has 2 saturated heterocycles. The number of carbonyl (C=O) groups excluding carboxylic acids is 2. The molecule has 2 aliphatic rings. The minimum absolute atomic E-state index is 0.0622. The average molecular weight is 358 g/mol. The van der Waals surface area contributed by atoms with E-state index in [0.717, 1.165) is 57.7 Å². The van der Waals surface area contributed by atoms with Gasteiger partial charge >= 0.3 is 0 Å². The maximum atomic E-state index is 12.2. The smallest absolute Gasteiger partial charge is 0.236 e. The molecule has 0 bridgehead atoms. The van der Waals surface area contributed by atoms with Crippen molar-refractivity contribution in [1.82, 2.24) is 20.0 Å². The van der Waals surface area contributed by atoms with Crippen LogP contribution >= 0.6 is 0 Å². The fraction of sp³-hybridized carbons (Fsp3) is 0.600. The van der Waals surface area contributed by atoms with Crippen molar-refractivity contribution in [2.24, 2.45) is 0 Å². The Morgan fingerprint density at radius 2 is 1.46 bits per heavy atom. The number of benzene rings is 1. The number of rotatable bonds is 6. The second-order valence-corrected chi connectivity index (χ2v) is 7.40. The molecule has 0 aromatic heterocycles. The van der Waals surface area contributed by atoms with Crippen LogP contribution in [0, 0.1) is 6.92 Å². The van der Waals surface area contributed by atoms with Crippen LogP contribution in [0.25, 0.3) is 0 Å². The average Bonchev–Trinajstić information content (AvgIpc) is 3.18. The molecule has 6 nitrogen and oxygen atoms in total. The summed E-state index contributed by atoms with van der Waals surface area (Å²) >= 11 is 0. The SMILES string of the molecule is Cc1ccc(CNC(=O)CN2CCN(CC(=O)N3CCCC3)CC2)cc1. The molecule has 1 aromatic rings. The summed E-state index contributed by atoms with van der Waals surface area (Å²) in [5.74, 6) is 0.318. The second kappa shape index (κ2) is 9.14. The van der Waals surface area contributed by atoms with E-state index in [4.69, 9.17) is 0 Å². The molecule has 2 heterocycles. The Kier molecular flexibility index (Phi) is 6.63. The van der Waals surface area contributed by atoms with Crippen LogP contribution < -0.4 is 5.32 Å². The summed E-state index contributed by atoms with van der Waals surface area (Å²) in [6.07, 6.45) is 2.27. The van der Waals surface area contributed by atoms with Gasteiger partial charge < -0.3 is 10.2 Å². The molecule has 2 aliphatic heterocycles. The van der Waals surface area contributed by atoms with Crippen LogP contribution in [0.5, 0.6) is 0 Å². The maximum Gasteiger partial charge on any atom is 0.236 e. The van der Waals surface area contributed by atoms with Gasteiger partial charge in [0.25, 0.3) is 0 Å². The number of hydrogen-bond acceptors (Lipinski definition) is 4. The third-order valence-corrected chi connectivity index (χ3v) is 5.26. The Bertz CT molecular complexity index is 603. The lowest BCUT2D eigenvalue weighted by Crippen LogP contribution is -2.51. The topological polar surface area (TPSA) is 55.9 Å². The van der Waals surface area contributed by atoms with E-state index < -0.39 is 0 Å². The zero-order valence-electron chi connectivity index (χ0n) is 15.7. The van der Waals surface area contributed by atoms with Gasteiger partial charge in [0.15, 0.2) is 0 Å². The van der Waals surface area contributed by atoms with E-state index in [2.05, 4.69) is 34.2 Å². The Hall–Kier alpha value is -1.92. The number of amides is 2. The van der Waals surface area contributed by atoms with Crippen LogP contribution in [0.15, 0.2) is 24.3 Å². The van der Waals surface area contributed by atoms with Crippen molar-refractivity contribution < 1.29 is 9.59 Å². The first-order valence-electron chi connectivity index (χ1n) is 9.65. The van der Waals surface area contributed by atoms with Gasteiger partial charge in [-0.3, -0.25) is 19.4 Å².